The third-order valence-corrected chi connectivity index (χ3v) is 3.75. The number of benzene rings is 1. The van der Waals surface area contributed by atoms with Crippen LogP contribution in [0.4, 0.5) is 0 Å². The fraction of sp³-hybridized carbons (Fsp3) is 0.308. The second kappa shape index (κ2) is 6.49. The molecule has 0 bridgehead atoms. The average Bonchev–Trinajstić information content (AvgIpc) is 3.04. The number of aromatic amines is 1. The SMILES string of the molecule is O=C(NCCSc1cn[nH]n1)C1COc2ccccc2O1. The Morgan fingerprint density at radius 2 is 2.29 bits per heavy atom. The van der Waals surface area contributed by atoms with E-state index in [9.17, 15) is 4.79 Å². The molecule has 1 atom stereocenters. The Hall–Kier alpha value is -2.22. The molecule has 2 heterocycles. The first-order valence-electron chi connectivity index (χ1n) is 6.48. The van der Waals surface area contributed by atoms with E-state index in [1.54, 1.807) is 12.3 Å². The number of H-pyrrole nitrogens is 1. The van der Waals surface area contributed by atoms with Gasteiger partial charge in [-0.3, -0.25) is 4.79 Å². The van der Waals surface area contributed by atoms with Crippen LogP contribution in [0.2, 0.25) is 0 Å². The molecule has 0 aliphatic carbocycles. The van der Waals surface area contributed by atoms with Crippen molar-refractivity contribution < 1.29 is 14.3 Å². The molecule has 0 fully saturated rings. The molecule has 0 spiro atoms. The summed E-state index contributed by atoms with van der Waals surface area (Å²) in [5.74, 6) is 1.80. The summed E-state index contributed by atoms with van der Waals surface area (Å²) in [4.78, 5) is 12.0. The van der Waals surface area contributed by atoms with Crippen LogP contribution in [0.3, 0.4) is 0 Å². The van der Waals surface area contributed by atoms with E-state index in [0.717, 1.165) is 5.03 Å². The predicted octanol–water partition coefficient (Wildman–Crippen LogP) is 0.853. The Labute approximate surface area is 125 Å². The highest BCUT2D eigenvalue weighted by Gasteiger charge is 2.26. The van der Waals surface area contributed by atoms with Gasteiger partial charge in [-0.05, 0) is 12.1 Å². The highest BCUT2D eigenvalue weighted by Crippen LogP contribution is 2.30. The van der Waals surface area contributed by atoms with Gasteiger partial charge in [-0.1, -0.05) is 12.1 Å². The van der Waals surface area contributed by atoms with Crippen molar-refractivity contribution in [1.29, 1.82) is 0 Å². The Kier molecular flexibility index (Phi) is 4.25. The molecule has 8 heteroatoms. The maximum atomic E-state index is 12.0. The van der Waals surface area contributed by atoms with Crippen molar-refractivity contribution in [3.63, 3.8) is 0 Å². The number of aromatic nitrogens is 3. The number of amides is 1. The molecule has 1 aliphatic heterocycles. The summed E-state index contributed by atoms with van der Waals surface area (Å²) in [6.07, 6.45) is 1.03. The molecule has 1 aromatic heterocycles. The molecular formula is C13H14N4O3S. The summed E-state index contributed by atoms with van der Waals surface area (Å²) in [7, 11) is 0. The lowest BCUT2D eigenvalue weighted by Crippen LogP contribution is -2.44. The standard InChI is InChI=1S/C13H14N4O3S/c18-13(14-5-6-21-12-7-15-17-16-12)11-8-19-9-3-1-2-4-10(9)20-11/h1-4,7,11H,5-6,8H2,(H,14,18)(H,15,16,17). The fourth-order valence-corrected chi connectivity index (χ4v) is 2.50. The molecule has 7 nitrogen and oxygen atoms in total. The maximum absolute atomic E-state index is 12.0. The Balaban J connectivity index is 1.44. The maximum Gasteiger partial charge on any atom is 0.264 e. The first kappa shape index (κ1) is 13.7. The van der Waals surface area contributed by atoms with Crippen LogP contribution in [-0.2, 0) is 4.79 Å². The van der Waals surface area contributed by atoms with Crippen molar-refractivity contribution in [3.05, 3.63) is 30.5 Å². The summed E-state index contributed by atoms with van der Waals surface area (Å²) in [5, 5.41) is 13.8. The van der Waals surface area contributed by atoms with Crippen LogP contribution in [0.1, 0.15) is 0 Å². The molecule has 1 aliphatic rings. The monoisotopic (exact) mass is 306 g/mol. The first-order chi connectivity index (χ1) is 10.3. The second-order valence-corrected chi connectivity index (χ2v) is 5.43. The van der Waals surface area contributed by atoms with Gasteiger partial charge in [0.2, 0.25) is 6.10 Å². The molecule has 1 amide bonds. The van der Waals surface area contributed by atoms with Crippen molar-refractivity contribution in [2.75, 3.05) is 18.9 Å². The van der Waals surface area contributed by atoms with Gasteiger partial charge in [-0.2, -0.15) is 10.3 Å². The van der Waals surface area contributed by atoms with Crippen LogP contribution in [0.15, 0.2) is 35.5 Å². The van der Waals surface area contributed by atoms with Gasteiger partial charge in [0.05, 0.1) is 6.20 Å². The minimum absolute atomic E-state index is 0.176. The Bertz CT molecular complexity index is 605. The van der Waals surface area contributed by atoms with E-state index in [1.807, 2.05) is 18.2 Å². The number of nitrogens with one attached hydrogen (secondary N) is 2. The number of rotatable bonds is 5. The number of hydrogen-bond donors (Lipinski definition) is 2. The van der Waals surface area contributed by atoms with Crippen LogP contribution in [0, 0.1) is 0 Å². The topological polar surface area (TPSA) is 89.1 Å². The van der Waals surface area contributed by atoms with Crippen LogP contribution in [0.5, 0.6) is 11.5 Å². The van der Waals surface area contributed by atoms with Gasteiger partial charge in [-0.15, -0.1) is 16.9 Å². The van der Waals surface area contributed by atoms with Crippen LogP contribution < -0.4 is 14.8 Å². The lowest BCUT2D eigenvalue weighted by atomic mass is 10.2. The van der Waals surface area contributed by atoms with Gasteiger partial charge < -0.3 is 14.8 Å². The molecular weight excluding hydrogens is 292 g/mol. The lowest BCUT2D eigenvalue weighted by Gasteiger charge is -2.25. The van der Waals surface area contributed by atoms with E-state index < -0.39 is 6.10 Å². The molecule has 1 aromatic carbocycles. The van der Waals surface area contributed by atoms with Crippen LogP contribution in [-0.4, -0.2) is 46.3 Å². The lowest BCUT2D eigenvalue weighted by molar-refractivity contribution is -0.130. The number of fused-ring (bicyclic) bond motifs is 1. The van der Waals surface area contributed by atoms with Crippen molar-refractivity contribution in [2.24, 2.45) is 0 Å². The molecule has 0 saturated heterocycles. The van der Waals surface area contributed by atoms with E-state index >= 15 is 0 Å². The van der Waals surface area contributed by atoms with Crippen molar-refractivity contribution in [2.45, 2.75) is 11.1 Å². The molecule has 1 unspecified atom stereocenters. The van der Waals surface area contributed by atoms with E-state index in [-0.39, 0.29) is 12.5 Å². The van der Waals surface area contributed by atoms with Crippen molar-refractivity contribution in [1.82, 2.24) is 20.7 Å². The van der Waals surface area contributed by atoms with E-state index in [0.29, 0.717) is 23.8 Å². The third-order valence-electron chi connectivity index (χ3n) is 2.85. The highest BCUT2D eigenvalue weighted by atomic mass is 32.2. The summed E-state index contributed by atoms with van der Waals surface area (Å²) in [6, 6.07) is 7.31. The molecule has 3 rings (SSSR count). The van der Waals surface area contributed by atoms with E-state index in [4.69, 9.17) is 9.47 Å². The first-order valence-corrected chi connectivity index (χ1v) is 7.46. The second-order valence-electron chi connectivity index (χ2n) is 4.31. The summed E-state index contributed by atoms with van der Waals surface area (Å²) in [5.41, 5.74) is 0. The van der Waals surface area contributed by atoms with Crippen molar-refractivity contribution in [3.8, 4) is 11.5 Å². The Morgan fingerprint density at radius 1 is 1.43 bits per heavy atom. The fourth-order valence-electron chi connectivity index (χ4n) is 1.85. The number of para-hydroxylation sites is 2. The Morgan fingerprint density at radius 3 is 3.10 bits per heavy atom. The molecule has 21 heavy (non-hydrogen) atoms. The van der Waals surface area contributed by atoms with E-state index in [1.165, 1.54) is 11.8 Å². The van der Waals surface area contributed by atoms with Crippen molar-refractivity contribution >= 4 is 17.7 Å². The quantitative estimate of drug-likeness (QED) is 0.629. The largest absolute Gasteiger partial charge is 0.485 e. The number of carbonyl (C=O) groups excluding carboxylic acids is 1. The van der Waals surface area contributed by atoms with Gasteiger partial charge in [-0.25, -0.2) is 0 Å². The minimum Gasteiger partial charge on any atom is -0.485 e. The zero-order valence-corrected chi connectivity index (χ0v) is 11.9. The smallest absolute Gasteiger partial charge is 0.264 e. The van der Waals surface area contributed by atoms with Gasteiger partial charge >= 0.3 is 0 Å². The molecule has 110 valence electrons. The number of hydrogen-bond acceptors (Lipinski definition) is 6. The zero-order chi connectivity index (χ0) is 14.5. The van der Waals surface area contributed by atoms with Gasteiger partial charge in [0.1, 0.15) is 11.6 Å². The van der Waals surface area contributed by atoms with Gasteiger partial charge in [0.15, 0.2) is 11.5 Å². The summed E-state index contributed by atoms with van der Waals surface area (Å²) < 4.78 is 11.1. The van der Waals surface area contributed by atoms with Crippen LogP contribution >= 0.6 is 11.8 Å². The predicted molar refractivity (Wildman–Crippen MR) is 76.5 cm³/mol. The van der Waals surface area contributed by atoms with Gasteiger partial charge in [0.25, 0.3) is 5.91 Å². The van der Waals surface area contributed by atoms with E-state index in [2.05, 4.69) is 20.7 Å². The molecule has 0 radical (unpaired) electrons. The number of thioether (sulfide) groups is 1. The molecule has 0 saturated carbocycles. The normalized spacial score (nSPS) is 16.5. The van der Waals surface area contributed by atoms with Gasteiger partial charge in [0, 0.05) is 12.3 Å². The molecule has 2 aromatic rings. The zero-order valence-electron chi connectivity index (χ0n) is 11.1. The van der Waals surface area contributed by atoms with Crippen LogP contribution in [0.25, 0.3) is 0 Å². The highest BCUT2D eigenvalue weighted by molar-refractivity contribution is 7.99. The number of carbonyl (C=O) groups is 1. The third kappa shape index (κ3) is 3.46. The minimum atomic E-state index is -0.614. The summed E-state index contributed by atoms with van der Waals surface area (Å²) >= 11 is 1.51. The molecule has 2 N–H and O–H groups in total. The average molecular weight is 306 g/mol. The number of ether oxygens (including phenoxy) is 2. The number of nitrogens with zero attached hydrogens (tertiary/aromatic N) is 2. The summed E-state index contributed by atoms with van der Waals surface area (Å²) in [6.45, 7) is 0.747.